The number of carbonyl (C=O) groups excluding carboxylic acids is 1. The second kappa shape index (κ2) is 6.53. The van der Waals surface area contributed by atoms with Crippen LogP contribution >= 0.6 is 15.9 Å². The lowest BCUT2D eigenvalue weighted by atomic mass is 10.1. The van der Waals surface area contributed by atoms with Crippen LogP contribution in [0.15, 0.2) is 22.7 Å². The van der Waals surface area contributed by atoms with Crippen LogP contribution in [0.3, 0.4) is 0 Å². The molecule has 1 heterocycles. The first-order valence-electron chi connectivity index (χ1n) is 6.71. The van der Waals surface area contributed by atoms with Crippen LogP contribution < -0.4 is 0 Å². The molecule has 2 rings (SSSR count). The maximum atomic E-state index is 12.4. The first-order chi connectivity index (χ1) is 9.08. The SMILES string of the molecule is Cc1ccc(Br)cc1C(=O)N(C)CC1CCCCO1. The molecule has 1 fully saturated rings. The Hall–Kier alpha value is -0.870. The van der Waals surface area contributed by atoms with E-state index in [1.807, 2.05) is 32.2 Å². The predicted molar refractivity (Wildman–Crippen MR) is 79.4 cm³/mol. The van der Waals surface area contributed by atoms with Gasteiger partial charge in [0.15, 0.2) is 0 Å². The van der Waals surface area contributed by atoms with Crippen LogP contribution in [-0.2, 0) is 4.74 Å². The fourth-order valence-electron chi connectivity index (χ4n) is 2.37. The average Bonchev–Trinajstić information content (AvgIpc) is 2.42. The van der Waals surface area contributed by atoms with Crippen molar-refractivity contribution in [3.05, 3.63) is 33.8 Å². The minimum Gasteiger partial charge on any atom is -0.376 e. The number of aryl methyl sites for hydroxylation is 1. The zero-order valence-corrected chi connectivity index (χ0v) is 13.1. The van der Waals surface area contributed by atoms with Gasteiger partial charge >= 0.3 is 0 Å². The van der Waals surface area contributed by atoms with Gasteiger partial charge in [0.05, 0.1) is 6.10 Å². The van der Waals surface area contributed by atoms with Gasteiger partial charge in [-0.15, -0.1) is 0 Å². The number of benzene rings is 1. The van der Waals surface area contributed by atoms with Crippen molar-refractivity contribution in [2.24, 2.45) is 0 Å². The minimum atomic E-state index is 0.0629. The van der Waals surface area contributed by atoms with Gasteiger partial charge in [0, 0.05) is 30.2 Å². The van der Waals surface area contributed by atoms with E-state index in [0.717, 1.165) is 35.0 Å². The number of halogens is 1. The fraction of sp³-hybridized carbons (Fsp3) is 0.533. The highest BCUT2D eigenvalue weighted by Gasteiger charge is 2.20. The Morgan fingerprint density at radius 1 is 1.47 bits per heavy atom. The number of likely N-dealkylation sites (N-methyl/N-ethyl adjacent to an activating group) is 1. The summed E-state index contributed by atoms with van der Waals surface area (Å²) in [6, 6.07) is 5.80. The zero-order valence-electron chi connectivity index (χ0n) is 11.5. The summed E-state index contributed by atoms with van der Waals surface area (Å²) in [5.74, 6) is 0.0629. The van der Waals surface area contributed by atoms with Gasteiger partial charge in [-0.1, -0.05) is 22.0 Å². The highest BCUT2D eigenvalue weighted by Crippen LogP contribution is 2.19. The molecule has 1 aromatic rings. The van der Waals surface area contributed by atoms with Crippen molar-refractivity contribution < 1.29 is 9.53 Å². The fourth-order valence-corrected chi connectivity index (χ4v) is 2.73. The number of carbonyl (C=O) groups is 1. The van der Waals surface area contributed by atoms with E-state index in [4.69, 9.17) is 4.74 Å². The molecule has 4 heteroatoms. The van der Waals surface area contributed by atoms with Crippen molar-refractivity contribution in [2.75, 3.05) is 20.2 Å². The van der Waals surface area contributed by atoms with E-state index in [2.05, 4.69) is 15.9 Å². The van der Waals surface area contributed by atoms with Crippen LogP contribution in [0.5, 0.6) is 0 Å². The van der Waals surface area contributed by atoms with Gasteiger partial charge in [-0.25, -0.2) is 0 Å². The lowest BCUT2D eigenvalue weighted by molar-refractivity contribution is -0.000203. The summed E-state index contributed by atoms with van der Waals surface area (Å²) in [5, 5.41) is 0. The number of hydrogen-bond donors (Lipinski definition) is 0. The van der Waals surface area contributed by atoms with Crippen molar-refractivity contribution in [3.8, 4) is 0 Å². The van der Waals surface area contributed by atoms with E-state index in [1.54, 1.807) is 4.90 Å². The molecular formula is C15H20BrNO2. The summed E-state index contributed by atoms with van der Waals surface area (Å²) in [4.78, 5) is 14.2. The third kappa shape index (κ3) is 3.80. The summed E-state index contributed by atoms with van der Waals surface area (Å²) in [7, 11) is 1.85. The van der Waals surface area contributed by atoms with Crippen molar-refractivity contribution in [2.45, 2.75) is 32.3 Å². The average molecular weight is 326 g/mol. The first kappa shape index (κ1) is 14.5. The molecule has 1 aliphatic heterocycles. The van der Waals surface area contributed by atoms with Gasteiger partial charge in [-0.3, -0.25) is 4.79 Å². The molecule has 19 heavy (non-hydrogen) atoms. The van der Waals surface area contributed by atoms with Crippen LogP contribution in [0.1, 0.15) is 35.2 Å². The molecule has 0 N–H and O–H groups in total. The number of hydrogen-bond acceptors (Lipinski definition) is 2. The minimum absolute atomic E-state index is 0.0629. The Morgan fingerprint density at radius 2 is 2.26 bits per heavy atom. The smallest absolute Gasteiger partial charge is 0.253 e. The molecule has 1 aliphatic rings. The Kier molecular flexibility index (Phi) is 4.99. The standard InChI is InChI=1S/C15H20BrNO2/c1-11-6-7-12(16)9-14(11)15(18)17(2)10-13-5-3-4-8-19-13/h6-7,9,13H,3-5,8,10H2,1-2H3. The zero-order chi connectivity index (χ0) is 13.8. The molecule has 1 atom stereocenters. The Bertz CT molecular complexity index is 455. The molecule has 1 saturated heterocycles. The molecule has 3 nitrogen and oxygen atoms in total. The molecule has 0 aromatic heterocycles. The molecule has 0 aliphatic carbocycles. The van der Waals surface area contributed by atoms with E-state index in [0.29, 0.717) is 6.54 Å². The monoisotopic (exact) mass is 325 g/mol. The molecule has 104 valence electrons. The lowest BCUT2D eigenvalue weighted by Gasteiger charge is -2.27. The summed E-state index contributed by atoms with van der Waals surface area (Å²) in [6.45, 7) is 3.46. The lowest BCUT2D eigenvalue weighted by Crippen LogP contribution is -2.37. The Balaban J connectivity index is 2.03. The van der Waals surface area contributed by atoms with E-state index >= 15 is 0 Å². The molecule has 1 amide bonds. The maximum absolute atomic E-state index is 12.4. The molecule has 1 aromatic carbocycles. The van der Waals surface area contributed by atoms with Crippen molar-refractivity contribution >= 4 is 21.8 Å². The predicted octanol–water partition coefficient (Wildman–Crippen LogP) is 3.40. The Morgan fingerprint density at radius 3 is 2.95 bits per heavy atom. The van der Waals surface area contributed by atoms with Crippen LogP contribution in [0, 0.1) is 6.92 Å². The molecule has 1 unspecified atom stereocenters. The first-order valence-corrected chi connectivity index (χ1v) is 7.50. The quantitative estimate of drug-likeness (QED) is 0.852. The summed E-state index contributed by atoms with van der Waals surface area (Å²) < 4.78 is 6.62. The number of nitrogens with zero attached hydrogens (tertiary/aromatic N) is 1. The Labute approximate surface area is 123 Å². The normalized spacial score (nSPS) is 19.2. The van der Waals surface area contributed by atoms with Gasteiger partial charge in [0.1, 0.15) is 0 Å². The van der Waals surface area contributed by atoms with E-state index in [9.17, 15) is 4.79 Å². The van der Waals surface area contributed by atoms with Gasteiger partial charge in [-0.05, 0) is 43.9 Å². The van der Waals surface area contributed by atoms with E-state index in [-0.39, 0.29) is 12.0 Å². The van der Waals surface area contributed by atoms with Crippen LogP contribution in [-0.4, -0.2) is 37.1 Å². The third-order valence-corrected chi connectivity index (χ3v) is 4.02. The van der Waals surface area contributed by atoms with E-state index < -0.39 is 0 Å². The van der Waals surface area contributed by atoms with Crippen molar-refractivity contribution in [3.63, 3.8) is 0 Å². The van der Waals surface area contributed by atoms with Gasteiger partial charge in [0.25, 0.3) is 5.91 Å². The topological polar surface area (TPSA) is 29.5 Å². The number of rotatable bonds is 3. The van der Waals surface area contributed by atoms with Crippen molar-refractivity contribution in [1.82, 2.24) is 4.90 Å². The van der Waals surface area contributed by atoms with Crippen LogP contribution in [0.4, 0.5) is 0 Å². The second-order valence-electron chi connectivity index (χ2n) is 5.13. The number of ether oxygens (including phenoxy) is 1. The van der Waals surface area contributed by atoms with Gasteiger partial charge < -0.3 is 9.64 Å². The highest BCUT2D eigenvalue weighted by atomic mass is 79.9. The summed E-state index contributed by atoms with van der Waals surface area (Å²) >= 11 is 3.42. The highest BCUT2D eigenvalue weighted by molar-refractivity contribution is 9.10. The second-order valence-corrected chi connectivity index (χ2v) is 6.05. The molecule has 0 saturated carbocycles. The molecular weight excluding hydrogens is 306 g/mol. The number of amides is 1. The largest absolute Gasteiger partial charge is 0.376 e. The maximum Gasteiger partial charge on any atom is 0.253 e. The third-order valence-electron chi connectivity index (χ3n) is 3.53. The summed E-state index contributed by atoms with van der Waals surface area (Å²) in [6.07, 6.45) is 3.58. The molecule has 0 radical (unpaired) electrons. The van der Waals surface area contributed by atoms with Gasteiger partial charge in [-0.2, -0.15) is 0 Å². The summed E-state index contributed by atoms with van der Waals surface area (Å²) in [5.41, 5.74) is 1.76. The van der Waals surface area contributed by atoms with Crippen molar-refractivity contribution in [1.29, 1.82) is 0 Å². The van der Waals surface area contributed by atoms with Crippen LogP contribution in [0.25, 0.3) is 0 Å². The molecule has 0 spiro atoms. The van der Waals surface area contributed by atoms with Crippen LogP contribution in [0.2, 0.25) is 0 Å². The van der Waals surface area contributed by atoms with Gasteiger partial charge in [0.2, 0.25) is 0 Å². The molecule has 0 bridgehead atoms. The van der Waals surface area contributed by atoms with E-state index in [1.165, 1.54) is 6.42 Å².